The van der Waals surface area contributed by atoms with E-state index >= 15 is 0 Å². The molecule has 1 aromatic rings. The minimum absolute atomic E-state index is 0.131. The van der Waals surface area contributed by atoms with Crippen LogP contribution in [0.1, 0.15) is 64.1 Å². The third-order valence-corrected chi connectivity index (χ3v) is 4.69. The van der Waals surface area contributed by atoms with E-state index in [9.17, 15) is 4.79 Å². The summed E-state index contributed by atoms with van der Waals surface area (Å²) in [6, 6.07) is 4.30. The standard InChI is InChI=1S/C20H32N2O2/c1-16-15-18(9-12-21-16)8-6-5-7-17-10-13-22(14-11-17)24-19(23)20(2,3)4/h9,12,15,17H,5-8,10-11,13-14H2,1-4H3. The molecule has 4 nitrogen and oxygen atoms in total. The predicted octanol–water partition coefficient (Wildman–Crippen LogP) is 4.32. The van der Waals surface area contributed by atoms with Gasteiger partial charge in [-0.1, -0.05) is 12.8 Å². The van der Waals surface area contributed by atoms with Crippen molar-refractivity contribution in [3.63, 3.8) is 0 Å². The van der Waals surface area contributed by atoms with Crippen LogP contribution < -0.4 is 0 Å². The summed E-state index contributed by atoms with van der Waals surface area (Å²) in [6.45, 7) is 9.47. The van der Waals surface area contributed by atoms with Gasteiger partial charge in [0.2, 0.25) is 0 Å². The second-order valence-electron chi connectivity index (χ2n) is 8.05. The van der Waals surface area contributed by atoms with Gasteiger partial charge in [0.25, 0.3) is 0 Å². The molecule has 0 spiro atoms. The second-order valence-corrected chi connectivity index (χ2v) is 8.05. The van der Waals surface area contributed by atoms with Gasteiger partial charge >= 0.3 is 5.97 Å². The molecule has 1 aliphatic rings. The van der Waals surface area contributed by atoms with Gasteiger partial charge in [-0.25, -0.2) is 4.79 Å². The number of hydrogen-bond donors (Lipinski definition) is 0. The average molecular weight is 332 g/mol. The van der Waals surface area contributed by atoms with Crippen LogP contribution in [0, 0.1) is 18.3 Å². The molecule has 0 radical (unpaired) electrons. The minimum atomic E-state index is -0.428. The molecular weight excluding hydrogens is 300 g/mol. The Morgan fingerprint density at radius 1 is 1.29 bits per heavy atom. The van der Waals surface area contributed by atoms with Crippen LogP contribution in [0.25, 0.3) is 0 Å². The Balaban J connectivity index is 1.60. The van der Waals surface area contributed by atoms with Crippen LogP contribution in [0.2, 0.25) is 0 Å². The molecule has 1 fully saturated rings. The Bertz CT molecular complexity index is 529. The summed E-state index contributed by atoms with van der Waals surface area (Å²) in [6.07, 6.45) is 9.10. The van der Waals surface area contributed by atoms with Crippen LogP contribution in [-0.2, 0) is 16.1 Å². The number of aryl methyl sites for hydroxylation is 2. The van der Waals surface area contributed by atoms with Gasteiger partial charge in [-0.2, -0.15) is 0 Å². The van der Waals surface area contributed by atoms with Crippen molar-refractivity contribution in [3.05, 3.63) is 29.6 Å². The van der Waals surface area contributed by atoms with Gasteiger partial charge in [0.05, 0.1) is 5.41 Å². The number of unbranched alkanes of at least 4 members (excludes halogenated alkanes) is 1. The number of hydroxylamine groups is 2. The van der Waals surface area contributed by atoms with Crippen LogP contribution in [0.3, 0.4) is 0 Å². The Kier molecular flexibility index (Phi) is 6.79. The minimum Gasteiger partial charge on any atom is -0.367 e. The fourth-order valence-corrected chi connectivity index (χ4v) is 3.07. The third-order valence-electron chi connectivity index (χ3n) is 4.69. The normalized spacial score (nSPS) is 17.0. The van der Waals surface area contributed by atoms with Crippen molar-refractivity contribution < 1.29 is 9.63 Å². The van der Waals surface area contributed by atoms with Crippen molar-refractivity contribution in [3.8, 4) is 0 Å². The highest BCUT2D eigenvalue weighted by molar-refractivity contribution is 5.75. The lowest BCUT2D eigenvalue weighted by molar-refractivity contribution is -0.206. The van der Waals surface area contributed by atoms with E-state index in [1.54, 1.807) is 0 Å². The largest absolute Gasteiger partial charge is 0.367 e. The highest BCUT2D eigenvalue weighted by Crippen LogP contribution is 2.25. The zero-order valence-corrected chi connectivity index (χ0v) is 15.7. The maximum Gasteiger partial charge on any atom is 0.330 e. The van der Waals surface area contributed by atoms with E-state index in [-0.39, 0.29) is 5.97 Å². The number of hydrogen-bond acceptors (Lipinski definition) is 4. The van der Waals surface area contributed by atoms with Crippen molar-refractivity contribution >= 4 is 5.97 Å². The number of carbonyl (C=O) groups is 1. The molecule has 0 bridgehead atoms. The first kappa shape index (κ1) is 18.9. The van der Waals surface area contributed by atoms with Crippen molar-refractivity contribution in [1.82, 2.24) is 10.0 Å². The van der Waals surface area contributed by atoms with Crippen LogP contribution in [0.5, 0.6) is 0 Å². The van der Waals surface area contributed by atoms with Gasteiger partial charge in [0.1, 0.15) is 0 Å². The van der Waals surface area contributed by atoms with Gasteiger partial charge in [0, 0.05) is 25.0 Å². The van der Waals surface area contributed by atoms with E-state index < -0.39 is 5.41 Å². The van der Waals surface area contributed by atoms with Crippen molar-refractivity contribution in [2.24, 2.45) is 11.3 Å². The molecule has 0 unspecified atom stereocenters. The van der Waals surface area contributed by atoms with E-state index in [0.717, 1.165) is 44.0 Å². The lowest BCUT2D eigenvalue weighted by Gasteiger charge is -2.32. The van der Waals surface area contributed by atoms with Crippen LogP contribution in [0.15, 0.2) is 18.3 Å². The fraction of sp³-hybridized carbons (Fsp3) is 0.700. The Hall–Kier alpha value is -1.42. The Labute approximate surface area is 146 Å². The lowest BCUT2D eigenvalue weighted by Crippen LogP contribution is -2.38. The molecule has 24 heavy (non-hydrogen) atoms. The third kappa shape index (κ3) is 6.23. The molecule has 134 valence electrons. The van der Waals surface area contributed by atoms with Crippen LogP contribution in [-0.4, -0.2) is 29.1 Å². The van der Waals surface area contributed by atoms with Crippen molar-refractivity contribution in [2.75, 3.05) is 13.1 Å². The van der Waals surface area contributed by atoms with Gasteiger partial charge in [0.15, 0.2) is 0 Å². The molecule has 2 heterocycles. The zero-order valence-electron chi connectivity index (χ0n) is 15.7. The summed E-state index contributed by atoms with van der Waals surface area (Å²) in [7, 11) is 0. The van der Waals surface area contributed by atoms with Gasteiger partial charge in [-0.05, 0) is 77.0 Å². The van der Waals surface area contributed by atoms with Crippen molar-refractivity contribution in [1.29, 1.82) is 0 Å². The number of piperidine rings is 1. The molecule has 1 saturated heterocycles. The summed E-state index contributed by atoms with van der Waals surface area (Å²) < 4.78 is 0. The van der Waals surface area contributed by atoms with E-state index in [1.165, 1.54) is 24.8 Å². The number of rotatable bonds is 6. The fourth-order valence-electron chi connectivity index (χ4n) is 3.07. The first-order chi connectivity index (χ1) is 11.3. The Morgan fingerprint density at radius 2 is 2.00 bits per heavy atom. The maximum absolute atomic E-state index is 11.9. The van der Waals surface area contributed by atoms with E-state index in [1.807, 2.05) is 39.0 Å². The number of pyridine rings is 1. The number of carbonyl (C=O) groups excluding carboxylic acids is 1. The van der Waals surface area contributed by atoms with E-state index in [0.29, 0.717) is 0 Å². The quantitative estimate of drug-likeness (QED) is 0.728. The van der Waals surface area contributed by atoms with Crippen LogP contribution >= 0.6 is 0 Å². The average Bonchev–Trinajstić information content (AvgIpc) is 2.52. The molecule has 0 aromatic carbocycles. The van der Waals surface area contributed by atoms with Gasteiger partial charge < -0.3 is 4.84 Å². The second kappa shape index (κ2) is 8.61. The van der Waals surface area contributed by atoms with E-state index in [2.05, 4.69) is 17.1 Å². The molecule has 1 aromatic heterocycles. The topological polar surface area (TPSA) is 42.4 Å². The lowest BCUT2D eigenvalue weighted by atomic mass is 9.91. The summed E-state index contributed by atoms with van der Waals surface area (Å²) in [5.74, 6) is 0.641. The molecule has 4 heteroatoms. The van der Waals surface area contributed by atoms with Crippen LogP contribution in [0.4, 0.5) is 0 Å². The molecule has 0 N–H and O–H groups in total. The monoisotopic (exact) mass is 332 g/mol. The maximum atomic E-state index is 11.9. The van der Waals surface area contributed by atoms with Gasteiger partial charge in [-0.3, -0.25) is 4.98 Å². The molecule has 0 amide bonds. The summed E-state index contributed by atoms with van der Waals surface area (Å²) in [5.41, 5.74) is 2.07. The summed E-state index contributed by atoms with van der Waals surface area (Å²) in [5, 5.41) is 1.85. The molecular formula is C20H32N2O2. The molecule has 2 rings (SSSR count). The molecule has 0 aliphatic carbocycles. The van der Waals surface area contributed by atoms with Gasteiger partial charge in [-0.15, -0.1) is 5.06 Å². The first-order valence-electron chi connectivity index (χ1n) is 9.23. The summed E-state index contributed by atoms with van der Waals surface area (Å²) in [4.78, 5) is 21.6. The zero-order chi connectivity index (χ0) is 17.6. The molecule has 0 saturated carbocycles. The smallest absolute Gasteiger partial charge is 0.330 e. The Morgan fingerprint density at radius 3 is 2.62 bits per heavy atom. The first-order valence-corrected chi connectivity index (χ1v) is 9.23. The highest BCUT2D eigenvalue weighted by atomic mass is 16.7. The predicted molar refractivity (Wildman–Crippen MR) is 96.4 cm³/mol. The van der Waals surface area contributed by atoms with E-state index in [4.69, 9.17) is 4.84 Å². The van der Waals surface area contributed by atoms with Crippen molar-refractivity contribution in [2.45, 2.75) is 66.2 Å². The number of aromatic nitrogens is 1. The number of nitrogens with zero attached hydrogens (tertiary/aromatic N) is 2. The SMILES string of the molecule is Cc1cc(CCCCC2CCN(OC(=O)C(C)(C)C)CC2)ccn1. The highest BCUT2D eigenvalue weighted by Gasteiger charge is 2.28. The molecule has 1 aliphatic heterocycles. The summed E-state index contributed by atoms with van der Waals surface area (Å²) >= 11 is 0. The molecule has 0 atom stereocenters.